The van der Waals surface area contributed by atoms with Gasteiger partial charge in [0.1, 0.15) is 4.21 Å². The number of fused-ring (bicyclic) bond motifs is 1. The zero-order valence-electron chi connectivity index (χ0n) is 11.8. The van der Waals surface area contributed by atoms with Gasteiger partial charge in [0.25, 0.3) is 10.0 Å². The maximum atomic E-state index is 12.8. The zero-order chi connectivity index (χ0) is 15.2. The van der Waals surface area contributed by atoms with Gasteiger partial charge in [-0.2, -0.15) is 4.31 Å². The average Bonchev–Trinajstić information content (AvgIpc) is 3.02. The molecule has 0 bridgehead atoms. The minimum absolute atomic E-state index is 0.00407. The Labute approximate surface area is 127 Å². The van der Waals surface area contributed by atoms with Crippen LogP contribution in [-0.4, -0.2) is 42.9 Å². The van der Waals surface area contributed by atoms with E-state index in [1.54, 1.807) is 0 Å². The zero-order valence-corrected chi connectivity index (χ0v) is 13.4. The Hall–Kier alpha value is -0.960. The molecule has 8 heteroatoms. The van der Waals surface area contributed by atoms with Crippen molar-refractivity contribution in [2.45, 2.75) is 43.0 Å². The van der Waals surface area contributed by atoms with E-state index in [-0.39, 0.29) is 15.8 Å². The molecule has 1 saturated heterocycles. The van der Waals surface area contributed by atoms with Crippen LogP contribution < -0.4 is 5.32 Å². The Morgan fingerprint density at radius 1 is 1.48 bits per heavy atom. The number of carboxylic acid groups (broad SMARTS) is 1. The maximum absolute atomic E-state index is 12.8. The molecule has 2 N–H and O–H groups in total. The molecule has 21 heavy (non-hydrogen) atoms. The van der Waals surface area contributed by atoms with E-state index in [4.69, 9.17) is 0 Å². The highest BCUT2D eigenvalue weighted by Crippen LogP contribution is 2.37. The normalized spacial score (nSPS) is 23.2. The number of aromatic carboxylic acids is 1. The second-order valence-corrected chi connectivity index (χ2v) is 8.70. The van der Waals surface area contributed by atoms with Crippen LogP contribution in [0.25, 0.3) is 0 Å². The van der Waals surface area contributed by atoms with Crippen molar-refractivity contribution < 1.29 is 18.3 Å². The van der Waals surface area contributed by atoms with Crippen molar-refractivity contribution in [1.29, 1.82) is 0 Å². The van der Waals surface area contributed by atoms with E-state index in [2.05, 4.69) is 5.32 Å². The van der Waals surface area contributed by atoms with Crippen molar-refractivity contribution in [3.05, 3.63) is 16.0 Å². The molecule has 0 aromatic carbocycles. The van der Waals surface area contributed by atoms with Gasteiger partial charge in [-0.1, -0.05) is 0 Å². The number of hydrogen-bond acceptors (Lipinski definition) is 5. The maximum Gasteiger partial charge on any atom is 0.338 e. The van der Waals surface area contributed by atoms with Crippen molar-refractivity contribution in [1.82, 2.24) is 9.62 Å². The number of carboxylic acids is 1. The first-order valence-corrected chi connectivity index (χ1v) is 9.29. The summed E-state index contributed by atoms with van der Waals surface area (Å²) in [6.07, 6.45) is 2.22. The molecule has 3 rings (SSSR count). The lowest BCUT2D eigenvalue weighted by molar-refractivity contribution is 0.0692. The van der Waals surface area contributed by atoms with Crippen LogP contribution in [0.2, 0.25) is 0 Å². The standard InChI is InChI=1S/C13H18N2O4S2/c1-8-3-2-6-15(8)21(18,19)13-11(12(16)17)9-4-5-14-7-10(9)20-13/h8,14H,2-7H2,1H3,(H,16,17)/t8-/m1/s1. The van der Waals surface area contributed by atoms with Crippen LogP contribution in [0.3, 0.4) is 0 Å². The van der Waals surface area contributed by atoms with Crippen LogP contribution in [0.4, 0.5) is 0 Å². The van der Waals surface area contributed by atoms with Gasteiger partial charge in [-0.25, -0.2) is 13.2 Å². The predicted octanol–water partition coefficient (Wildman–Crippen LogP) is 1.27. The number of rotatable bonds is 3. The minimum Gasteiger partial charge on any atom is -0.478 e. The van der Waals surface area contributed by atoms with Gasteiger partial charge in [0.2, 0.25) is 0 Å². The molecule has 0 aliphatic carbocycles. The molecule has 6 nitrogen and oxygen atoms in total. The second kappa shape index (κ2) is 5.35. The molecular weight excluding hydrogens is 312 g/mol. The lowest BCUT2D eigenvalue weighted by atomic mass is 10.1. The molecule has 0 spiro atoms. The van der Waals surface area contributed by atoms with Crippen LogP contribution in [0.1, 0.15) is 40.6 Å². The van der Waals surface area contributed by atoms with Crippen LogP contribution in [0, 0.1) is 0 Å². The first-order chi connectivity index (χ1) is 9.93. The third-order valence-corrected chi connectivity index (χ3v) is 7.89. The van der Waals surface area contributed by atoms with Crippen molar-refractivity contribution in [3.63, 3.8) is 0 Å². The second-order valence-electron chi connectivity index (χ2n) is 5.51. The molecule has 2 aliphatic heterocycles. The molecule has 0 unspecified atom stereocenters. The van der Waals surface area contributed by atoms with E-state index in [9.17, 15) is 18.3 Å². The molecule has 0 amide bonds. The lowest BCUT2D eigenvalue weighted by Gasteiger charge is -2.20. The van der Waals surface area contributed by atoms with Crippen molar-refractivity contribution in [3.8, 4) is 0 Å². The number of hydrogen-bond donors (Lipinski definition) is 2. The van der Waals surface area contributed by atoms with Crippen molar-refractivity contribution >= 4 is 27.3 Å². The molecular formula is C13H18N2O4S2. The van der Waals surface area contributed by atoms with Gasteiger partial charge in [-0.3, -0.25) is 0 Å². The fraction of sp³-hybridized carbons (Fsp3) is 0.615. The van der Waals surface area contributed by atoms with Crippen LogP contribution in [-0.2, 0) is 23.0 Å². The molecule has 2 aliphatic rings. The van der Waals surface area contributed by atoms with E-state index in [0.717, 1.165) is 29.1 Å². The number of carbonyl (C=O) groups is 1. The van der Waals surface area contributed by atoms with E-state index in [0.29, 0.717) is 31.6 Å². The quantitative estimate of drug-likeness (QED) is 0.871. The molecule has 1 fully saturated rings. The first kappa shape index (κ1) is 15.0. The van der Waals surface area contributed by atoms with Gasteiger partial charge < -0.3 is 10.4 Å². The fourth-order valence-electron chi connectivity index (χ4n) is 3.08. The summed E-state index contributed by atoms with van der Waals surface area (Å²) in [5, 5.41) is 12.6. The highest BCUT2D eigenvalue weighted by Gasteiger charge is 2.38. The van der Waals surface area contributed by atoms with Gasteiger partial charge >= 0.3 is 5.97 Å². The Balaban J connectivity index is 2.13. The summed E-state index contributed by atoms with van der Waals surface area (Å²) in [6.45, 7) is 3.58. The van der Waals surface area contributed by atoms with Gasteiger partial charge in [-0.05, 0) is 38.3 Å². The lowest BCUT2D eigenvalue weighted by Crippen LogP contribution is -2.34. The number of nitrogens with zero attached hydrogens (tertiary/aromatic N) is 1. The molecule has 1 aromatic rings. The van der Waals surface area contributed by atoms with Crippen molar-refractivity contribution in [2.24, 2.45) is 0 Å². The third kappa shape index (κ3) is 2.40. The van der Waals surface area contributed by atoms with Crippen LogP contribution >= 0.6 is 11.3 Å². The Kier molecular flexibility index (Phi) is 3.81. The Bertz CT molecular complexity index is 681. The summed E-state index contributed by atoms with van der Waals surface area (Å²) in [6, 6.07) is -0.0612. The largest absolute Gasteiger partial charge is 0.478 e. The summed E-state index contributed by atoms with van der Waals surface area (Å²) >= 11 is 1.11. The molecule has 0 saturated carbocycles. The van der Waals surface area contributed by atoms with Gasteiger partial charge in [0.15, 0.2) is 0 Å². The fourth-order valence-corrected chi connectivity index (χ4v) is 6.76. The summed E-state index contributed by atoms with van der Waals surface area (Å²) in [7, 11) is -3.71. The first-order valence-electron chi connectivity index (χ1n) is 7.03. The Morgan fingerprint density at radius 2 is 2.24 bits per heavy atom. The SMILES string of the molecule is C[C@@H]1CCCN1S(=O)(=O)c1sc2c(c1C(=O)O)CCNC2. The Morgan fingerprint density at radius 3 is 2.86 bits per heavy atom. The molecule has 1 aromatic heterocycles. The van der Waals surface area contributed by atoms with Gasteiger partial charge in [0.05, 0.1) is 5.56 Å². The third-order valence-electron chi connectivity index (χ3n) is 4.14. The molecule has 116 valence electrons. The van der Waals surface area contributed by atoms with E-state index in [1.807, 2.05) is 6.92 Å². The van der Waals surface area contributed by atoms with E-state index < -0.39 is 16.0 Å². The monoisotopic (exact) mass is 330 g/mol. The van der Waals surface area contributed by atoms with Crippen molar-refractivity contribution in [2.75, 3.05) is 13.1 Å². The van der Waals surface area contributed by atoms with E-state index in [1.165, 1.54) is 4.31 Å². The topological polar surface area (TPSA) is 86.7 Å². The number of thiophene rings is 1. The molecule has 3 heterocycles. The summed E-state index contributed by atoms with van der Waals surface area (Å²) in [4.78, 5) is 12.4. The number of sulfonamides is 1. The molecule has 1 atom stereocenters. The summed E-state index contributed by atoms with van der Waals surface area (Å²) in [5.74, 6) is -1.14. The highest BCUT2D eigenvalue weighted by molar-refractivity contribution is 7.91. The summed E-state index contributed by atoms with van der Waals surface area (Å²) in [5.41, 5.74) is 0.687. The van der Waals surface area contributed by atoms with E-state index >= 15 is 0 Å². The van der Waals surface area contributed by atoms with Crippen LogP contribution in [0.5, 0.6) is 0 Å². The highest BCUT2D eigenvalue weighted by atomic mass is 32.2. The molecule has 0 radical (unpaired) electrons. The average molecular weight is 330 g/mol. The van der Waals surface area contributed by atoms with Crippen LogP contribution in [0.15, 0.2) is 4.21 Å². The smallest absolute Gasteiger partial charge is 0.338 e. The van der Waals surface area contributed by atoms with Gasteiger partial charge in [-0.15, -0.1) is 11.3 Å². The summed E-state index contributed by atoms with van der Waals surface area (Å²) < 4.78 is 27.1. The van der Waals surface area contributed by atoms with Gasteiger partial charge in [0, 0.05) is 24.0 Å². The minimum atomic E-state index is -3.71. The number of nitrogens with one attached hydrogen (secondary N) is 1. The predicted molar refractivity (Wildman–Crippen MR) is 79.3 cm³/mol.